The molecule has 0 aromatic heterocycles. The average Bonchev–Trinajstić information content (AvgIpc) is 2.14. The highest BCUT2D eigenvalue weighted by Gasteiger charge is 2.18. The van der Waals surface area contributed by atoms with Gasteiger partial charge in [-0.2, -0.15) is 0 Å². The highest BCUT2D eigenvalue weighted by molar-refractivity contribution is 6.78. The zero-order valence-corrected chi connectivity index (χ0v) is 13.7. The first-order chi connectivity index (χ1) is 7.25. The van der Waals surface area contributed by atoms with Crippen LogP contribution in [0.2, 0.25) is 25.7 Å². The molecule has 0 aliphatic rings. The van der Waals surface area contributed by atoms with Gasteiger partial charge in [0, 0.05) is 5.57 Å². The highest BCUT2D eigenvalue weighted by Crippen LogP contribution is 2.06. The molecule has 0 aromatic carbocycles. The molecule has 0 saturated carbocycles. The summed E-state index contributed by atoms with van der Waals surface area (Å²) in [5.74, 6) is -0.264. The van der Waals surface area contributed by atoms with Crippen LogP contribution < -0.4 is 0 Å². The quantitative estimate of drug-likeness (QED) is 0.302. The van der Waals surface area contributed by atoms with Gasteiger partial charge in [-0.1, -0.05) is 26.2 Å². The summed E-state index contributed by atoms with van der Waals surface area (Å²) in [6.07, 6.45) is 0.986. The van der Waals surface area contributed by atoms with Crippen molar-refractivity contribution < 1.29 is 9.53 Å². The molecule has 0 rings (SSSR count). The smallest absolute Gasteiger partial charge is 0.333 e. The van der Waals surface area contributed by atoms with Crippen LogP contribution in [-0.2, 0) is 9.53 Å². The number of esters is 1. The number of ether oxygens (including phenoxy) is 1. The van der Waals surface area contributed by atoms with Gasteiger partial charge in [0.2, 0.25) is 0 Å². The number of hydrogen-bond acceptors (Lipinski definition) is 3. The van der Waals surface area contributed by atoms with Crippen molar-refractivity contribution in [2.75, 3.05) is 13.7 Å². The number of rotatable bonds is 7. The van der Waals surface area contributed by atoms with Crippen LogP contribution in [0.4, 0.5) is 0 Å². The molecule has 0 unspecified atom stereocenters. The molecule has 0 saturated heterocycles. The molecule has 0 bridgehead atoms. The van der Waals surface area contributed by atoms with Crippen molar-refractivity contribution in [2.24, 2.45) is 0 Å². The Kier molecular flexibility index (Phi) is 6.86. The molecule has 94 valence electrons. The Morgan fingerprint density at radius 1 is 1.44 bits per heavy atom. The van der Waals surface area contributed by atoms with E-state index in [1.807, 2.05) is 0 Å². The van der Waals surface area contributed by atoms with E-state index in [9.17, 15) is 4.79 Å². The Morgan fingerprint density at radius 3 is 2.44 bits per heavy atom. The third kappa shape index (κ3) is 6.97. The molecule has 0 amide bonds. The molecule has 0 N–H and O–H groups in total. The average molecular weight is 259 g/mol. The molecule has 5 heteroatoms. The fraction of sp³-hybridized carbons (Fsp3) is 0.727. The molecular formula is C11H25NO2Si2. The molecule has 0 spiro atoms. The summed E-state index contributed by atoms with van der Waals surface area (Å²) in [5.41, 5.74) is 0.483. The van der Waals surface area contributed by atoms with E-state index in [0.29, 0.717) is 12.2 Å². The second kappa shape index (κ2) is 7.03. The number of hydrogen-bond donors (Lipinski definition) is 0. The van der Waals surface area contributed by atoms with E-state index in [1.165, 1.54) is 6.04 Å². The predicted molar refractivity (Wildman–Crippen MR) is 74.9 cm³/mol. The summed E-state index contributed by atoms with van der Waals surface area (Å²) in [4.78, 5) is 11.1. The largest absolute Gasteiger partial charge is 0.462 e. The summed E-state index contributed by atoms with van der Waals surface area (Å²) in [5, 5.41) is 0. The third-order valence-electron chi connectivity index (χ3n) is 2.61. The molecule has 0 heterocycles. The summed E-state index contributed by atoms with van der Waals surface area (Å²) in [6, 6.07) is 1.21. The third-order valence-corrected chi connectivity index (χ3v) is 9.91. The van der Waals surface area contributed by atoms with Crippen molar-refractivity contribution in [3.8, 4) is 0 Å². The second-order valence-electron chi connectivity index (χ2n) is 5.22. The van der Waals surface area contributed by atoms with Gasteiger partial charge in [-0.3, -0.25) is 0 Å². The number of carbonyl (C=O) groups excluding carboxylic acids is 1. The van der Waals surface area contributed by atoms with Crippen molar-refractivity contribution >= 4 is 23.9 Å². The van der Waals surface area contributed by atoms with Crippen molar-refractivity contribution in [1.29, 1.82) is 0 Å². The zero-order valence-electron chi connectivity index (χ0n) is 11.3. The Hall–Kier alpha value is -0.396. The van der Waals surface area contributed by atoms with Gasteiger partial charge in [0.15, 0.2) is 0 Å². The van der Waals surface area contributed by atoms with E-state index in [2.05, 4.69) is 37.5 Å². The first-order valence-corrected chi connectivity index (χ1v) is 10.9. The van der Waals surface area contributed by atoms with E-state index >= 15 is 0 Å². The van der Waals surface area contributed by atoms with Gasteiger partial charge in [-0.15, -0.1) is 0 Å². The van der Waals surface area contributed by atoms with Gasteiger partial charge in [-0.05, 0) is 26.4 Å². The van der Waals surface area contributed by atoms with Gasteiger partial charge in [0.05, 0.1) is 16.3 Å². The maximum atomic E-state index is 11.1. The first kappa shape index (κ1) is 15.6. The summed E-state index contributed by atoms with van der Waals surface area (Å²) < 4.78 is 7.62. The van der Waals surface area contributed by atoms with Gasteiger partial charge < -0.3 is 8.97 Å². The summed E-state index contributed by atoms with van der Waals surface area (Å²) in [6.45, 7) is 12.8. The van der Waals surface area contributed by atoms with E-state index in [4.69, 9.17) is 4.74 Å². The summed E-state index contributed by atoms with van der Waals surface area (Å²) in [7, 11) is 0.996. The number of carbonyl (C=O) groups is 1. The van der Waals surface area contributed by atoms with Crippen molar-refractivity contribution in [1.82, 2.24) is 4.23 Å². The Bertz CT molecular complexity index is 249. The molecule has 0 aliphatic carbocycles. The van der Waals surface area contributed by atoms with Crippen molar-refractivity contribution in [2.45, 2.75) is 39.0 Å². The van der Waals surface area contributed by atoms with E-state index in [1.54, 1.807) is 6.92 Å². The van der Waals surface area contributed by atoms with E-state index in [0.717, 1.165) is 6.42 Å². The van der Waals surface area contributed by atoms with Crippen LogP contribution in [0.1, 0.15) is 13.3 Å². The lowest BCUT2D eigenvalue weighted by molar-refractivity contribution is -0.138. The zero-order chi connectivity index (χ0) is 12.8. The SMILES string of the molecule is C=C(C)C(=O)OCCC[SiH2]N(C)[Si](C)(C)C. The van der Waals surface area contributed by atoms with Crippen LogP contribution in [0, 0.1) is 0 Å². The molecule has 0 fully saturated rings. The molecule has 0 radical (unpaired) electrons. The van der Waals surface area contributed by atoms with Crippen molar-refractivity contribution in [3.05, 3.63) is 12.2 Å². The van der Waals surface area contributed by atoms with E-state index < -0.39 is 8.24 Å². The van der Waals surface area contributed by atoms with E-state index in [-0.39, 0.29) is 15.7 Å². The minimum absolute atomic E-state index is 0.151. The molecule has 3 nitrogen and oxygen atoms in total. The molecule has 0 atom stereocenters. The first-order valence-electron chi connectivity index (χ1n) is 5.79. The monoisotopic (exact) mass is 259 g/mol. The second-order valence-corrected chi connectivity index (χ2v) is 13.1. The Balaban J connectivity index is 3.55. The molecule has 0 aliphatic heterocycles. The fourth-order valence-corrected chi connectivity index (χ4v) is 5.13. The van der Waals surface area contributed by atoms with Crippen LogP contribution in [0.25, 0.3) is 0 Å². The lowest BCUT2D eigenvalue weighted by Gasteiger charge is -2.29. The lowest BCUT2D eigenvalue weighted by atomic mass is 10.4. The Labute approximate surface area is 103 Å². The highest BCUT2D eigenvalue weighted by atomic mass is 28.4. The number of nitrogens with zero attached hydrogens (tertiary/aromatic N) is 1. The Morgan fingerprint density at radius 2 is 2.00 bits per heavy atom. The fourth-order valence-electron chi connectivity index (χ4n) is 1.07. The van der Waals surface area contributed by atoms with Gasteiger partial charge in [0.1, 0.15) is 8.24 Å². The van der Waals surface area contributed by atoms with Crippen LogP contribution in [0.15, 0.2) is 12.2 Å². The predicted octanol–water partition coefficient (Wildman–Crippen LogP) is 1.76. The molecule has 0 aromatic rings. The molecular weight excluding hydrogens is 234 g/mol. The van der Waals surface area contributed by atoms with Crippen LogP contribution in [0.3, 0.4) is 0 Å². The lowest BCUT2D eigenvalue weighted by Crippen LogP contribution is -2.45. The maximum Gasteiger partial charge on any atom is 0.333 e. The molecule has 16 heavy (non-hydrogen) atoms. The van der Waals surface area contributed by atoms with Gasteiger partial charge in [0.25, 0.3) is 0 Å². The van der Waals surface area contributed by atoms with Gasteiger partial charge >= 0.3 is 5.97 Å². The van der Waals surface area contributed by atoms with Crippen LogP contribution in [-0.4, -0.2) is 41.8 Å². The van der Waals surface area contributed by atoms with Crippen LogP contribution >= 0.6 is 0 Å². The summed E-state index contributed by atoms with van der Waals surface area (Å²) >= 11 is 0. The maximum absolute atomic E-state index is 11.1. The topological polar surface area (TPSA) is 29.5 Å². The normalized spacial score (nSPS) is 12.4. The minimum Gasteiger partial charge on any atom is -0.462 e. The van der Waals surface area contributed by atoms with Gasteiger partial charge in [-0.25, -0.2) is 4.79 Å². The van der Waals surface area contributed by atoms with Crippen molar-refractivity contribution in [3.63, 3.8) is 0 Å². The van der Waals surface area contributed by atoms with Crippen LogP contribution in [0.5, 0.6) is 0 Å². The standard InChI is InChI=1S/C11H25NO2Si2/c1-10(2)11(13)14-8-7-9-15-12(3)16(4,5)6/h1,7-9,15H2,2-6H3. The minimum atomic E-state index is -1.09.